The maximum atomic E-state index is 2.20. The molecule has 0 heteroatoms. The van der Waals surface area contributed by atoms with Crippen LogP contribution < -0.4 is 0 Å². The second kappa shape index (κ2) is 35.2. The number of hydrogen-bond acceptors (Lipinski definition) is 0. The van der Waals surface area contributed by atoms with Crippen LogP contribution in [0.3, 0.4) is 0 Å². The van der Waals surface area contributed by atoms with Gasteiger partial charge in [0.25, 0.3) is 0 Å². The Morgan fingerprint density at radius 3 is 0.540 bits per heavy atom. The third-order valence-corrected chi connectivity index (χ3v) is 14.6. The van der Waals surface area contributed by atoms with E-state index in [9.17, 15) is 0 Å². The van der Waals surface area contributed by atoms with E-state index in [1.54, 1.807) is 0 Å². The minimum Gasteiger partial charge on any atom is -0.0622 e. The quantitative estimate of drug-likeness (QED) is 0.142. The fourth-order valence-corrected chi connectivity index (χ4v) is 9.69. The molecule has 0 atom stereocenters. The van der Waals surface area contributed by atoms with Crippen LogP contribution >= 0.6 is 0 Å². The van der Waals surface area contributed by atoms with Crippen LogP contribution in [0.4, 0.5) is 0 Å². The van der Waals surface area contributed by atoms with Gasteiger partial charge in [-0.05, 0) is 144 Å². The molecular formula is C87H84. The van der Waals surface area contributed by atoms with Gasteiger partial charge in [0.2, 0.25) is 0 Å². The van der Waals surface area contributed by atoms with E-state index >= 15 is 0 Å². The Labute approximate surface area is 519 Å². The van der Waals surface area contributed by atoms with Gasteiger partial charge in [0, 0.05) is 0 Å². The summed E-state index contributed by atoms with van der Waals surface area (Å²) in [6.07, 6.45) is 0. The van der Waals surface area contributed by atoms with Gasteiger partial charge in [-0.3, -0.25) is 0 Å². The molecule has 0 bridgehead atoms. The van der Waals surface area contributed by atoms with Crippen LogP contribution in [0.25, 0.3) is 64.6 Å². The van der Waals surface area contributed by atoms with Gasteiger partial charge in [-0.25, -0.2) is 0 Å². The molecule has 0 aliphatic carbocycles. The summed E-state index contributed by atoms with van der Waals surface area (Å²) in [7, 11) is 0. The van der Waals surface area contributed by atoms with E-state index in [0.29, 0.717) is 0 Å². The number of fused-ring (bicyclic) bond motifs is 6. The standard InChI is InChI=1S/6C11H10.3C7H8/c3*1-9-5-4-7-10-6-2-3-8-11(9)10;3*1-9-6-7-10-4-2-3-5-11(10)8-9;3*1-7-5-3-2-4-6-7/h6*2-8H,1H3;3*2-6H,1H3. The lowest BCUT2D eigenvalue weighted by atomic mass is 10.1. The second-order valence-electron chi connectivity index (χ2n) is 21.9. The highest BCUT2D eigenvalue weighted by molar-refractivity contribution is 5.88. The third-order valence-electron chi connectivity index (χ3n) is 14.6. The van der Waals surface area contributed by atoms with Crippen molar-refractivity contribution >= 4 is 64.6 Å². The summed E-state index contributed by atoms with van der Waals surface area (Å²) in [5.41, 5.74) is 12.0. The van der Waals surface area contributed by atoms with E-state index < -0.39 is 0 Å². The highest BCUT2D eigenvalue weighted by Crippen LogP contribution is 2.20. The summed E-state index contributed by atoms with van der Waals surface area (Å²) in [5.74, 6) is 0. The topological polar surface area (TPSA) is 0 Å². The molecule has 0 N–H and O–H groups in total. The van der Waals surface area contributed by atoms with Gasteiger partial charge < -0.3 is 0 Å². The smallest absolute Gasteiger partial charge is 0.0155 e. The first kappa shape index (κ1) is 64.4. The van der Waals surface area contributed by atoms with E-state index in [4.69, 9.17) is 0 Å². The maximum Gasteiger partial charge on any atom is -0.0155 e. The molecule has 87 heavy (non-hydrogen) atoms. The van der Waals surface area contributed by atoms with E-state index in [1.165, 1.54) is 115 Å². The van der Waals surface area contributed by atoms with Crippen LogP contribution in [0.1, 0.15) is 50.1 Å². The number of rotatable bonds is 0. The lowest BCUT2D eigenvalue weighted by Crippen LogP contribution is -1.75. The highest BCUT2D eigenvalue weighted by Gasteiger charge is 1.96. The number of hydrogen-bond donors (Lipinski definition) is 0. The second-order valence-corrected chi connectivity index (χ2v) is 21.9. The van der Waals surface area contributed by atoms with Crippen LogP contribution in [-0.4, -0.2) is 0 Å². The zero-order chi connectivity index (χ0) is 61.4. The van der Waals surface area contributed by atoms with Crippen LogP contribution in [0, 0.1) is 62.3 Å². The lowest BCUT2D eigenvalue weighted by molar-refractivity contribution is 1.48. The Morgan fingerprint density at radius 2 is 0.322 bits per heavy atom. The molecule has 0 fully saturated rings. The summed E-state index contributed by atoms with van der Waals surface area (Å²) < 4.78 is 0. The normalized spacial score (nSPS) is 9.90. The molecule has 0 aliphatic heterocycles. The van der Waals surface area contributed by atoms with Crippen molar-refractivity contribution in [1.29, 1.82) is 0 Å². The number of benzene rings is 15. The molecule has 0 aliphatic rings. The molecule has 0 heterocycles. The lowest BCUT2D eigenvalue weighted by Gasteiger charge is -1.98. The molecule has 0 amide bonds. The van der Waals surface area contributed by atoms with Gasteiger partial charge in [0.05, 0.1) is 0 Å². The molecule has 15 rings (SSSR count). The summed E-state index contributed by atoms with van der Waals surface area (Å²) >= 11 is 0. The highest BCUT2D eigenvalue weighted by atomic mass is 14.0. The monoisotopic (exact) mass is 1130 g/mol. The summed E-state index contributed by atoms with van der Waals surface area (Å²) in [6, 6.07) is 120. The molecule has 432 valence electrons. The fourth-order valence-electron chi connectivity index (χ4n) is 9.69. The molecule has 0 nitrogen and oxygen atoms in total. The van der Waals surface area contributed by atoms with Crippen molar-refractivity contribution in [2.24, 2.45) is 0 Å². The van der Waals surface area contributed by atoms with Crippen molar-refractivity contribution in [2.75, 3.05) is 0 Å². The summed E-state index contributed by atoms with van der Waals surface area (Å²) in [6.45, 7) is 19.0. The molecule has 0 aromatic heterocycles. The van der Waals surface area contributed by atoms with Crippen molar-refractivity contribution in [2.45, 2.75) is 62.3 Å². The summed E-state index contributed by atoms with van der Waals surface area (Å²) in [4.78, 5) is 0. The van der Waals surface area contributed by atoms with Gasteiger partial charge in [0.1, 0.15) is 0 Å². The minimum atomic E-state index is 1.32. The maximum absolute atomic E-state index is 2.20. The zero-order valence-corrected chi connectivity index (χ0v) is 52.4. The Balaban J connectivity index is 0.000000141. The van der Waals surface area contributed by atoms with E-state index in [2.05, 4.69) is 353 Å². The van der Waals surface area contributed by atoms with Gasteiger partial charge in [0.15, 0.2) is 0 Å². The van der Waals surface area contributed by atoms with E-state index in [-0.39, 0.29) is 0 Å². The first-order valence-electron chi connectivity index (χ1n) is 30.1. The fraction of sp³-hybridized carbons (Fsp3) is 0.103. The molecule has 0 saturated carbocycles. The first-order chi connectivity index (χ1) is 42.4. The van der Waals surface area contributed by atoms with Crippen LogP contribution in [0.15, 0.2) is 346 Å². The Kier molecular flexibility index (Phi) is 26.1. The SMILES string of the molecule is Cc1ccc2ccccc2c1.Cc1ccc2ccccc2c1.Cc1ccc2ccccc2c1.Cc1cccc2ccccc12.Cc1cccc2ccccc12.Cc1cccc2ccccc12.Cc1ccccc1.Cc1ccccc1.Cc1ccccc1. The molecule has 15 aromatic carbocycles. The predicted molar refractivity (Wildman–Crippen MR) is 386 cm³/mol. The van der Waals surface area contributed by atoms with Crippen molar-refractivity contribution in [3.05, 3.63) is 396 Å². The Hall–Kier alpha value is -10.1. The average Bonchev–Trinajstić information content (AvgIpc) is 3.74. The molecule has 0 radical (unpaired) electrons. The molecule has 15 aromatic rings. The van der Waals surface area contributed by atoms with Crippen LogP contribution in [0.5, 0.6) is 0 Å². The van der Waals surface area contributed by atoms with Crippen molar-refractivity contribution < 1.29 is 0 Å². The third kappa shape index (κ3) is 22.1. The number of aryl methyl sites for hydroxylation is 9. The predicted octanol–water partition coefficient (Wildman–Crippen LogP) is 24.9. The summed E-state index contributed by atoms with van der Waals surface area (Å²) in [5, 5.41) is 16.0. The van der Waals surface area contributed by atoms with Gasteiger partial charge in [-0.15, -0.1) is 0 Å². The zero-order valence-electron chi connectivity index (χ0n) is 52.4. The average molecular weight is 1130 g/mol. The first-order valence-corrected chi connectivity index (χ1v) is 30.1. The van der Waals surface area contributed by atoms with Gasteiger partial charge in [-0.2, -0.15) is 0 Å². The molecule has 0 unspecified atom stereocenters. The largest absolute Gasteiger partial charge is 0.0622 e. The molecular weight excluding hydrogens is 1040 g/mol. The van der Waals surface area contributed by atoms with Crippen molar-refractivity contribution in [3.8, 4) is 0 Å². The minimum absolute atomic E-state index is 1.32. The van der Waals surface area contributed by atoms with Crippen molar-refractivity contribution in [3.63, 3.8) is 0 Å². The van der Waals surface area contributed by atoms with E-state index in [0.717, 1.165) is 0 Å². The Morgan fingerprint density at radius 1 is 0.126 bits per heavy atom. The molecule has 0 saturated heterocycles. The molecule has 0 spiro atoms. The van der Waals surface area contributed by atoms with E-state index in [1.807, 2.05) is 54.6 Å². The van der Waals surface area contributed by atoms with Crippen LogP contribution in [0.2, 0.25) is 0 Å². The van der Waals surface area contributed by atoms with Gasteiger partial charge in [-0.1, -0.05) is 379 Å². The Bertz CT molecular complexity index is 3930. The van der Waals surface area contributed by atoms with Crippen molar-refractivity contribution in [1.82, 2.24) is 0 Å². The van der Waals surface area contributed by atoms with Crippen LogP contribution in [-0.2, 0) is 0 Å². The van der Waals surface area contributed by atoms with Gasteiger partial charge >= 0.3 is 0 Å².